The first-order chi connectivity index (χ1) is 13.5. The molecule has 1 atom stereocenters. The largest absolute Gasteiger partial charge is 0.465 e. The number of carbonyl (C=O) groups is 1. The highest BCUT2D eigenvalue weighted by atomic mass is 35.5. The van der Waals surface area contributed by atoms with Gasteiger partial charge >= 0.3 is 0 Å². The van der Waals surface area contributed by atoms with E-state index >= 15 is 0 Å². The lowest BCUT2D eigenvalue weighted by molar-refractivity contribution is 0.0898. The van der Waals surface area contributed by atoms with E-state index in [-0.39, 0.29) is 11.9 Å². The molecule has 3 heterocycles. The maximum atomic E-state index is 12.9. The molecule has 1 N–H and O–H groups in total. The van der Waals surface area contributed by atoms with Crippen LogP contribution in [-0.4, -0.2) is 30.4 Å². The van der Waals surface area contributed by atoms with Crippen molar-refractivity contribution in [3.63, 3.8) is 0 Å². The maximum absolute atomic E-state index is 12.9. The molecule has 1 aliphatic rings. The number of aryl methyl sites for hydroxylation is 1. The highest BCUT2D eigenvalue weighted by molar-refractivity contribution is 7.21. The van der Waals surface area contributed by atoms with Gasteiger partial charge in [-0.1, -0.05) is 36.7 Å². The summed E-state index contributed by atoms with van der Waals surface area (Å²) in [6.45, 7) is 6.80. The third-order valence-electron chi connectivity index (χ3n) is 5.55. The molecule has 4 nitrogen and oxygen atoms in total. The van der Waals surface area contributed by atoms with Crippen LogP contribution in [-0.2, 0) is 0 Å². The van der Waals surface area contributed by atoms with Crippen molar-refractivity contribution in [2.75, 3.05) is 19.6 Å². The van der Waals surface area contributed by atoms with E-state index in [9.17, 15) is 4.79 Å². The van der Waals surface area contributed by atoms with Crippen LogP contribution < -0.4 is 5.32 Å². The summed E-state index contributed by atoms with van der Waals surface area (Å²) in [6, 6.07) is 11.9. The van der Waals surface area contributed by atoms with Gasteiger partial charge in [-0.3, -0.25) is 9.69 Å². The lowest BCUT2D eigenvalue weighted by Crippen LogP contribution is -2.41. The average molecular weight is 417 g/mol. The van der Waals surface area contributed by atoms with Crippen LogP contribution in [0.2, 0.25) is 5.02 Å². The number of nitrogens with one attached hydrogen (secondary N) is 1. The third kappa shape index (κ3) is 3.97. The monoisotopic (exact) mass is 416 g/mol. The van der Waals surface area contributed by atoms with Gasteiger partial charge in [-0.25, -0.2) is 0 Å². The Balaban J connectivity index is 1.51. The van der Waals surface area contributed by atoms with Gasteiger partial charge in [0.05, 0.1) is 11.1 Å². The summed E-state index contributed by atoms with van der Waals surface area (Å²) in [6.07, 6.45) is 2.35. The number of amides is 1. The molecule has 3 aromatic rings. The highest BCUT2D eigenvalue weighted by Gasteiger charge is 2.28. The standard InChI is InChI=1S/C22H25ClN2O2S/c1-14-9-11-25(12-10-14)17(18-8-7-15(2)27-18)13-24-22(26)21-20(23)16-5-3-4-6-19(16)28-21/h3-8,14,17H,9-13H2,1-2H3,(H,24,26)/t17-/m0/s1. The molecular weight excluding hydrogens is 392 g/mol. The molecule has 0 bridgehead atoms. The topological polar surface area (TPSA) is 45.5 Å². The third-order valence-corrected chi connectivity index (χ3v) is 7.22. The Morgan fingerprint density at radius 1 is 1.29 bits per heavy atom. The number of halogens is 1. The van der Waals surface area contributed by atoms with Crippen molar-refractivity contribution in [2.45, 2.75) is 32.7 Å². The van der Waals surface area contributed by atoms with Crippen molar-refractivity contribution in [3.8, 4) is 0 Å². The Kier molecular flexibility index (Phi) is 5.76. The minimum absolute atomic E-state index is 0.0401. The predicted octanol–water partition coefficient (Wildman–Crippen LogP) is 5.66. The van der Waals surface area contributed by atoms with E-state index in [0.29, 0.717) is 16.4 Å². The van der Waals surface area contributed by atoms with Gasteiger partial charge in [0.2, 0.25) is 0 Å². The van der Waals surface area contributed by atoms with Gasteiger partial charge in [0.15, 0.2) is 0 Å². The second kappa shape index (κ2) is 8.27. The molecule has 0 radical (unpaired) electrons. The van der Waals surface area contributed by atoms with Crippen LogP contribution in [0, 0.1) is 12.8 Å². The fourth-order valence-corrected chi connectivity index (χ4v) is 5.25. The van der Waals surface area contributed by atoms with Crippen molar-refractivity contribution < 1.29 is 9.21 Å². The normalized spacial score (nSPS) is 17.1. The van der Waals surface area contributed by atoms with Gasteiger partial charge in [0, 0.05) is 16.6 Å². The first-order valence-electron chi connectivity index (χ1n) is 9.78. The van der Waals surface area contributed by atoms with Gasteiger partial charge in [-0.05, 0) is 57.0 Å². The van der Waals surface area contributed by atoms with E-state index in [4.69, 9.17) is 16.0 Å². The van der Waals surface area contributed by atoms with Gasteiger partial charge < -0.3 is 9.73 Å². The second-order valence-electron chi connectivity index (χ2n) is 7.63. The zero-order valence-electron chi connectivity index (χ0n) is 16.2. The highest BCUT2D eigenvalue weighted by Crippen LogP contribution is 2.35. The minimum Gasteiger partial charge on any atom is -0.465 e. The molecule has 0 unspecified atom stereocenters. The Bertz CT molecular complexity index is 972. The van der Waals surface area contributed by atoms with Gasteiger partial charge in [0.1, 0.15) is 16.4 Å². The van der Waals surface area contributed by atoms with Gasteiger partial charge in [-0.15, -0.1) is 11.3 Å². The molecule has 0 spiro atoms. The van der Waals surface area contributed by atoms with Gasteiger partial charge in [-0.2, -0.15) is 0 Å². The number of piperidine rings is 1. The molecule has 0 aliphatic carbocycles. The van der Waals surface area contributed by atoms with Crippen molar-refractivity contribution in [2.24, 2.45) is 5.92 Å². The number of hydrogen-bond donors (Lipinski definition) is 1. The summed E-state index contributed by atoms with van der Waals surface area (Å²) in [5, 5.41) is 4.57. The molecule has 1 aliphatic heterocycles. The second-order valence-corrected chi connectivity index (χ2v) is 9.06. The fourth-order valence-electron chi connectivity index (χ4n) is 3.81. The summed E-state index contributed by atoms with van der Waals surface area (Å²) >= 11 is 7.91. The number of hydrogen-bond acceptors (Lipinski definition) is 4. The first-order valence-corrected chi connectivity index (χ1v) is 11.0. The molecule has 4 rings (SSSR count). The van der Waals surface area contributed by atoms with Crippen molar-refractivity contribution >= 4 is 38.9 Å². The SMILES string of the molecule is Cc1ccc([C@H](CNC(=O)c2sc3ccccc3c2Cl)N2CCC(C)CC2)o1. The van der Waals surface area contributed by atoms with Crippen LogP contribution in [0.3, 0.4) is 0 Å². The maximum Gasteiger partial charge on any atom is 0.263 e. The lowest BCUT2D eigenvalue weighted by Gasteiger charge is -2.35. The number of rotatable bonds is 5. The number of thiophene rings is 1. The molecule has 6 heteroatoms. The number of benzene rings is 1. The quantitative estimate of drug-likeness (QED) is 0.583. The molecule has 1 saturated heterocycles. The zero-order valence-corrected chi connectivity index (χ0v) is 17.8. The first kappa shape index (κ1) is 19.5. The van der Waals surface area contributed by atoms with Crippen LogP contribution in [0.4, 0.5) is 0 Å². The molecular formula is C22H25ClN2O2S. The number of carbonyl (C=O) groups excluding carboxylic acids is 1. The van der Waals surface area contributed by atoms with Crippen molar-refractivity contribution in [3.05, 3.63) is 57.8 Å². The zero-order chi connectivity index (χ0) is 19.7. The Labute approximate surface area is 174 Å². The molecule has 1 fully saturated rings. The molecule has 28 heavy (non-hydrogen) atoms. The smallest absolute Gasteiger partial charge is 0.263 e. The summed E-state index contributed by atoms with van der Waals surface area (Å²) < 4.78 is 6.95. The van der Waals surface area contributed by atoms with Crippen molar-refractivity contribution in [1.29, 1.82) is 0 Å². The van der Waals surface area contributed by atoms with E-state index in [0.717, 1.165) is 40.6 Å². The average Bonchev–Trinajstić information content (AvgIpc) is 3.27. The van der Waals surface area contributed by atoms with E-state index in [1.54, 1.807) is 0 Å². The van der Waals surface area contributed by atoms with Crippen LogP contribution in [0.5, 0.6) is 0 Å². The van der Waals surface area contributed by atoms with Crippen molar-refractivity contribution in [1.82, 2.24) is 10.2 Å². The van der Waals surface area contributed by atoms with Crippen LogP contribution in [0.25, 0.3) is 10.1 Å². The Morgan fingerprint density at radius 2 is 2.04 bits per heavy atom. The van der Waals surface area contributed by atoms with E-state index in [1.807, 2.05) is 43.3 Å². The van der Waals surface area contributed by atoms with Crippen LogP contribution in [0.15, 0.2) is 40.8 Å². The predicted molar refractivity (Wildman–Crippen MR) is 115 cm³/mol. The fraction of sp³-hybridized carbons (Fsp3) is 0.409. The summed E-state index contributed by atoms with van der Waals surface area (Å²) in [4.78, 5) is 15.9. The molecule has 1 aromatic carbocycles. The Morgan fingerprint density at radius 3 is 2.71 bits per heavy atom. The summed E-state index contributed by atoms with van der Waals surface area (Å²) in [7, 11) is 0. The molecule has 0 saturated carbocycles. The Hall–Kier alpha value is -1.82. The number of likely N-dealkylation sites (tertiary alicyclic amines) is 1. The van der Waals surface area contributed by atoms with E-state index in [1.165, 1.54) is 24.2 Å². The number of fused-ring (bicyclic) bond motifs is 1. The van der Waals surface area contributed by atoms with E-state index in [2.05, 4.69) is 17.1 Å². The minimum atomic E-state index is -0.121. The van der Waals surface area contributed by atoms with Crippen LogP contribution >= 0.6 is 22.9 Å². The molecule has 1 amide bonds. The van der Waals surface area contributed by atoms with Gasteiger partial charge in [0.25, 0.3) is 5.91 Å². The summed E-state index contributed by atoms with van der Waals surface area (Å²) in [5.41, 5.74) is 0. The number of furan rings is 1. The van der Waals surface area contributed by atoms with Crippen LogP contribution in [0.1, 0.15) is 47.0 Å². The molecule has 148 valence electrons. The van der Waals surface area contributed by atoms with E-state index < -0.39 is 0 Å². The number of nitrogens with zero attached hydrogens (tertiary/aromatic N) is 1. The molecule has 2 aromatic heterocycles. The lowest BCUT2D eigenvalue weighted by atomic mass is 9.97. The summed E-state index contributed by atoms with van der Waals surface area (Å²) in [5.74, 6) is 2.44.